The number of carboxylic acid groups (broad SMARTS) is 2. The zero-order chi connectivity index (χ0) is 59.6. The Balaban J connectivity index is 1.60. The van der Waals surface area contributed by atoms with Crippen molar-refractivity contribution in [2.75, 3.05) is 13.1 Å². The first kappa shape index (κ1) is 61.5. The molecule has 7 bridgehead atoms. The van der Waals surface area contributed by atoms with Crippen LogP contribution in [0.25, 0.3) is 16.7 Å². The van der Waals surface area contributed by atoms with E-state index in [4.69, 9.17) is 11.5 Å². The highest BCUT2D eigenvalue weighted by Crippen LogP contribution is 2.35. The van der Waals surface area contributed by atoms with Gasteiger partial charge in [0, 0.05) is 54.4 Å². The molecular weight excluding hydrogens is 1060 g/mol. The highest BCUT2D eigenvalue weighted by Gasteiger charge is 2.42. The molecule has 7 rings (SSSR count). The summed E-state index contributed by atoms with van der Waals surface area (Å²) in [6.07, 6.45) is 1.27. The Labute approximate surface area is 465 Å². The lowest BCUT2D eigenvalue weighted by Gasteiger charge is -2.33. The van der Waals surface area contributed by atoms with Gasteiger partial charge in [-0.25, -0.2) is 9.78 Å². The fourth-order valence-electron chi connectivity index (χ4n) is 10.3. The third-order valence-electron chi connectivity index (χ3n) is 14.7. The minimum Gasteiger partial charge on any atom is -0.481 e. The van der Waals surface area contributed by atoms with Crippen LogP contribution in [0.2, 0.25) is 0 Å². The molecule has 1 saturated heterocycles. The topological polar surface area (TPSA) is 440 Å². The number of fused-ring (bicyclic) bond motifs is 13. The van der Waals surface area contributed by atoms with Gasteiger partial charge in [-0.1, -0.05) is 60.1 Å². The highest BCUT2D eigenvalue weighted by atomic mass is 16.4. The Hall–Kier alpha value is -8.72. The van der Waals surface area contributed by atoms with E-state index in [1.807, 2.05) is 13.8 Å². The predicted octanol–water partition coefficient (Wildman–Crippen LogP) is -2.03. The van der Waals surface area contributed by atoms with Crippen LogP contribution in [0.3, 0.4) is 0 Å². The summed E-state index contributed by atoms with van der Waals surface area (Å²) in [5, 5.41) is 40.2. The Morgan fingerprint density at radius 3 is 2.21 bits per heavy atom. The minimum absolute atomic E-state index is 0.0109. The van der Waals surface area contributed by atoms with E-state index < -0.39 is 156 Å². The number of aromatic nitrogens is 3. The van der Waals surface area contributed by atoms with Crippen molar-refractivity contribution in [1.29, 1.82) is 0 Å². The van der Waals surface area contributed by atoms with Gasteiger partial charge in [-0.2, -0.15) is 0 Å². The highest BCUT2D eigenvalue weighted by molar-refractivity contribution is 6.39. The van der Waals surface area contributed by atoms with Crippen LogP contribution in [0.5, 0.6) is 0 Å². The Bertz CT molecular complexity index is 2980. The third kappa shape index (κ3) is 15.6. The number of aliphatic imine (C=N–C) groups is 1. The summed E-state index contributed by atoms with van der Waals surface area (Å²) in [5.41, 5.74) is 12.5. The molecule has 81 heavy (non-hydrogen) atoms. The van der Waals surface area contributed by atoms with E-state index in [-0.39, 0.29) is 68.5 Å². The van der Waals surface area contributed by atoms with Gasteiger partial charge in [0.2, 0.25) is 47.1 Å². The molecule has 3 aromatic rings. The predicted molar refractivity (Wildman–Crippen MR) is 288 cm³/mol. The largest absolute Gasteiger partial charge is 0.481 e. The van der Waals surface area contributed by atoms with Gasteiger partial charge in [0.1, 0.15) is 42.4 Å². The van der Waals surface area contributed by atoms with E-state index >= 15 is 9.59 Å². The zero-order valence-corrected chi connectivity index (χ0v) is 45.9. The average Bonchev–Trinajstić information content (AvgIpc) is 4.20. The van der Waals surface area contributed by atoms with Crippen LogP contribution in [-0.4, -0.2) is 157 Å². The lowest BCUT2D eigenvalue weighted by atomic mass is 9.81. The zero-order valence-electron chi connectivity index (χ0n) is 45.9. The number of imidazole rings is 1. The quantitative estimate of drug-likeness (QED) is 0.0173. The minimum atomic E-state index is -1.91. The molecule has 2 aromatic heterocycles. The number of ketones is 2. The van der Waals surface area contributed by atoms with Crippen molar-refractivity contribution >= 4 is 87.6 Å². The third-order valence-corrected chi connectivity index (χ3v) is 14.7. The maximum atomic E-state index is 15.4. The molecular formula is C53H72N14O14. The molecule has 15 N–H and O–H groups in total. The maximum absolute atomic E-state index is 15.4. The molecule has 28 nitrogen and oxygen atoms in total. The molecule has 10 atom stereocenters. The van der Waals surface area contributed by atoms with Crippen LogP contribution >= 0.6 is 0 Å². The number of carbonyl (C=O) groups is 12. The second-order valence-corrected chi connectivity index (χ2v) is 21.5. The molecule has 28 heteroatoms. The van der Waals surface area contributed by atoms with Gasteiger partial charge in [0.15, 0.2) is 11.7 Å². The van der Waals surface area contributed by atoms with Crippen LogP contribution in [0.4, 0.5) is 0 Å². The molecule has 0 saturated carbocycles. The van der Waals surface area contributed by atoms with Crippen molar-refractivity contribution in [1.82, 2.24) is 57.1 Å². The molecule has 3 unspecified atom stereocenters. The van der Waals surface area contributed by atoms with Crippen LogP contribution in [0.1, 0.15) is 109 Å². The lowest BCUT2D eigenvalue weighted by molar-refractivity contribution is -0.147. The first-order valence-corrected chi connectivity index (χ1v) is 26.9. The molecule has 0 aliphatic carbocycles. The van der Waals surface area contributed by atoms with Crippen molar-refractivity contribution in [2.24, 2.45) is 40.1 Å². The fraction of sp³-hybridized carbons (Fsp3) is 0.547. The number of aliphatic carboxylic acids is 2. The molecule has 4 aliphatic heterocycles. The molecule has 0 spiro atoms. The van der Waals surface area contributed by atoms with Gasteiger partial charge in [0.25, 0.3) is 5.91 Å². The monoisotopic (exact) mass is 1130 g/mol. The standard InChI is InChI=1S/C53H72N14O14/c1-7-25(6)41-49(77)62-33-18-30-28-11-10-26(40(24(4)5)42(50(78)63-34(15-23(2)3)48(76)65-41)66-51(79)44(73)31-12-13-37(68)59-31)16-32(28)61-45(30)67-21-27(58-22-67)17-35(47(75)64-36(52(80)81)19-39(70)71)60-38(69)20-57-46(74)29(43(33)72)9-8-14-56-53(54)55/h10-11,16,21-25,29,31,33-36,40-42,61H,7-9,12-15,17-20H2,1-6H3,(H,57,74)(H,59,68)(H,60,69)(H,62,77)(H,63,78)(H,64,75)(H,65,76)(H,66,79)(H,70,71)(H,80,81)(H4,54,55,56)/t25?,29-,31-,33?,34-,35-,36?,40+,41-,42-/m0/s1. The number of Topliss-reactive ketones (excluding diaryl/α,β-unsaturated/α-hetero) is 2. The van der Waals surface area contributed by atoms with Crippen LogP contribution in [0.15, 0.2) is 35.7 Å². The van der Waals surface area contributed by atoms with E-state index in [1.165, 1.54) is 17.1 Å². The Kier molecular flexibility index (Phi) is 20.5. The number of amides is 8. The second-order valence-electron chi connectivity index (χ2n) is 21.5. The Morgan fingerprint density at radius 2 is 1.58 bits per heavy atom. The van der Waals surface area contributed by atoms with E-state index in [0.717, 1.165) is 0 Å². The molecule has 438 valence electrons. The number of carboxylic acids is 2. The smallest absolute Gasteiger partial charge is 0.326 e. The van der Waals surface area contributed by atoms with E-state index in [1.54, 1.807) is 45.9 Å². The number of hydrogen-bond donors (Lipinski definition) is 13. The fourth-order valence-corrected chi connectivity index (χ4v) is 10.3. The van der Waals surface area contributed by atoms with Crippen LogP contribution in [0, 0.1) is 23.7 Å². The SMILES string of the molecule is CCC(C)[C@@H]1NC(=O)[C@H](CC(C)C)NC(=O)[C@@H](NC(=O)C(=O)[C@@H]2CCC(=O)N2)[C@H](C(C)C)c2ccc3c4c([nH]c3c2)-n2cnc(c2)C[C@@H](C(=O)NC(CC(=O)O)C(=O)O)NC(=O)CNC(=O)[C@@H](CCCN=C(N)N)C(=O)C(C4)NC1=O. The summed E-state index contributed by atoms with van der Waals surface area (Å²) in [5.74, 6) is -16.1. The molecule has 6 heterocycles. The van der Waals surface area contributed by atoms with Gasteiger partial charge in [-0.15, -0.1) is 0 Å². The number of benzene rings is 1. The maximum Gasteiger partial charge on any atom is 0.326 e. The normalized spacial score (nSPS) is 23.8. The lowest BCUT2D eigenvalue weighted by Crippen LogP contribution is -2.61. The molecule has 1 aromatic carbocycles. The van der Waals surface area contributed by atoms with Gasteiger partial charge >= 0.3 is 11.9 Å². The number of H-pyrrole nitrogens is 1. The summed E-state index contributed by atoms with van der Waals surface area (Å²) in [6.45, 7) is 9.78. The number of rotatable bonds is 17. The van der Waals surface area contributed by atoms with Crippen molar-refractivity contribution in [3.63, 3.8) is 0 Å². The number of aromatic amines is 1. The summed E-state index contributed by atoms with van der Waals surface area (Å²) >= 11 is 0. The molecule has 8 amide bonds. The van der Waals surface area contributed by atoms with Crippen molar-refractivity contribution in [2.45, 2.75) is 148 Å². The van der Waals surface area contributed by atoms with Crippen LogP contribution in [-0.2, 0) is 70.4 Å². The summed E-state index contributed by atoms with van der Waals surface area (Å²) in [6, 6.07) is -5.39. The van der Waals surface area contributed by atoms with Gasteiger partial charge < -0.3 is 69.2 Å². The van der Waals surface area contributed by atoms with Crippen molar-refractivity contribution in [3.8, 4) is 5.82 Å². The second kappa shape index (κ2) is 27.0. The van der Waals surface area contributed by atoms with Crippen molar-refractivity contribution in [3.05, 3.63) is 47.5 Å². The van der Waals surface area contributed by atoms with Gasteiger partial charge in [-0.3, -0.25) is 62.3 Å². The molecule has 4 aliphatic rings. The molecule has 0 radical (unpaired) electrons. The van der Waals surface area contributed by atoms with Crippen molar-refractivity contribution < 1.29 is 67.7 Å². The van der Waals surface area contributed by atoms with E-state index in [2.05, 4.69) is 57.5 Å². The van der Waals surface area contributed by atoms with Crippen LogP contribution < -0.4 is 54.0 Å². The molecule has 1 fully saturated rings. The first-order valence-electron chi connectivity index (χ1n) is 26.9. The van der Waals surface area contributed by atoms with E-state index in [0.29, 0.717) is 28.5 Å². The summed E-state index contributed by atoms with van der Waals surface area (Å²) < 4.78 is 1.49. The van der Waals surface area contributed by atoms with E-state index in [9.17, 15) is 58.2 Å². The number of nitrogens with zero attached hydrogens (tertiary/aromatic N) is 3. The van der Waals surface area contributed by atoms with Gasteiger partial charge in [-0.05, 0) is 55.1 Å². The first-order chi connectivity index (χ1) is 38.3. The number of nitrogens with one attached hydrogen (secondary N) is 9. The Morgan fingerprint density at radius 1 is 0.864 bits per heavy atom. The number of carbonyl (C=O) groups excluding carboxylic acids is 10. The van der Waals surface area contributed by atoms with Gasteiger partial charge in [0.05, 0.1) is 36.7 Å². The summed E-state index contributed by atoms with van der Waals surface area (Å²) in [4.78, 5) is 177. The number of guanidine groups is 1. The summed E-state index contributed by atoms with van der Waals surface area (Å²) in [7, 11) is 0. The number of nitrogens with two attached hydrogens (primary N) is 2. The average molecular weight is 1130 g/mol. The number of hydrogen-bond acceptors (Lipinski definition) is 14.